The monoisotopic (exact) mass is 439 g/mol. The Hall–Kier alpha value is -3.88. The van der Waals surface area contributed by atoms with Crippen molar-refractivity contribution in [3.63, 3.8) is 0 Å². The van der Waals surface area contributed by atoms with Gasteiger partial charge in [-0.1, -0.05) is 26.0 Å². The van der Waals surface area contributed by atoms with Crippen molar-refractivity contribution in [2.45, 2.75) is 19.9 Å². The van der Waals surface area contributed by atoms with Gasteiger partial charge in [-0.3, -0.25) is 19.3 Å². The number of benzene rings is 2. The standard InChI is InChI=1S/C23H25N3O6/c1-14(2)21(25-22(29)15-8-10-16(31-3)11-9-15)23(30)32-13-20(28)26-12-19(27)24-17-6-4-5-7-18(17)26/h4-11,14,21H,12-13H2,1-3H3,(H,24,27)(H,25,29). The molecule has 3 amide bonds. The highest BCUT2D eigenvalue weighted by Crippen LogP contribution is 2.28. The molecule has 168 valence electrons. The molecule has 0 saturated heterocycles. The molecular formula is C23H25N3O6. The lowest BCUT2D eigenvalue weighted by molar-refractivity contribution is -0.150. The average molecular weight is 439 g/mol. The molecule has 0 aromatic heterocycles. The molecule has 0 bridgehead atoms. The Morgan fingerprint density at radius 2 is 1.78 bits per heavy atom. The molecule has 1 unspecified atom stereocenters. The fourth-order valence-corrected chi connectivity index (χ4v) is 3.22. The molecule has 0 saturated carbocycles. The summed E-state index contributed by atoms with van der Waals surface area (Å²) in [6.07, 6.45) is 0. The zero-order chi connectivity index (χ0) is 23.3. The molecule has 32 heavy (non-hydrogen) atoms. The van der Waals surface area contributed by atoms with E-state index in [1.165, 1.54) is 12.0 Å². The second kappa shape index (κ2) is 9.95. The summed E-state index contributed by atoms with van der Waals surface area (Å²) in [7, 11) is 1.52. The molecule has 2 aromatic carbocycles. The molecule has 1 aliphatic heterocycles. The second-order valence-corrected chi connectivity index (χ2v) is 7.58. The molecular weight excluding hydrogens is 414 g/mol. The Labute approximate surface area is 185 Å². The topological polar surface area (TPSA) is 114 Å². The molecule has 1 aliphatic rings. The second-order valence-electron chi connectivity index (χ2n) is 7.58. The Bertz CT molecular complexity index is 1020. The lowest BCUT2D eigenvalue weighted by Gasteiger charge is -2.29. The normalized spacial score (nSPS) is 13.6. The van der Waals surface area contributed by atoms with E-state index in [2.05, 4.69) is 10.6 Å². The van der Waals surface area contributed by atoms with Crippen LogP contribution in [-0.4, -0.2) is 50.0 Å². The first-order valence-corrected chi connectivity index (χ1v) is 10.1. The van der Waals surface area contributed by atoms with Gasteiger partial charge in [0.2, 0.25) is 5.91 Å². The average Bonchev–Trinajstić information content (AvgIpc) is 2.79. The summed E-state index contributed by atoms with van der Waals surface area (Å²) in [5.41, 5.74) is 1.40. The van der Waals surface area contributed by atoms with Gasteiger partial charge in [0.25, 0.3) is 11.8 Å². The first-order chi connectivity index (χ1) is 15.3. The van der Waals surface area contributed by atoms with Gasteiger partial charge >= 0.3 is 5.97 Å². The van der Waals surface area contributed by atoms with E-state index >= 15 is 0 Å². The molecule has 9 heteroatoms. The fraction of sp³-hybridized carbons (Fsp3) is 0.304. The van der Waals surface area contributed by atoms with Crippen molar-refractivity contribution in [2.75, 3.05) is 30.5 Å². The maximum Gasteiger partial charge on any atom is 0.329 e. The number of nitrogens with one attached hydrogen (secondary N) is 2. The first kappa shape index (κ1) is 22.8. The Balaban J connectivity index is 1.63. The molecule has 0 aliphatic carbocycles. The number of carbonyl (C=O) groups excluding carboxylic acids is 4. The van der Waals surface area contributed by atoms with Gasteiger partial charge in [0.05, 0.1) is 18.5 Å². The van der Waals surface area contributed by atoms with Gasteiger partial charge < -0.3 is 20.1 Å². The quantitative estimate of drug-likeness (QED) is 0.638. The summed E-state index contributed by atoms with van der Waals surface area (Å²) in [4.78, 5) is 51.0. The van der Waals surface area contributed by atoms with Gasteiger partial charge in [-0.25, -0.2) is 4.79 Å². The Morgan fingerprint density at radius 3 is 2.44 bits per heavy atom. The number of anilines is 2. The third-order valence-corrected chi connectivity index (χ3v) is 4.97. The van der Waals surface area contributed by atoms with Crippen LogP contribution >= 0.6 is 0 Å². The van der Waals surface area contributed by atoms with E-state index in [0.717, 1.165) is 0 Å². The number of fused-ring (bicyclic) bond motifs is 1. The van der Waals surface area contributed by atoms with E-state index < -0.39 is 30.4 Å². The molecule has 0 radical (unpaired) electrons. The number of amides is 3. The van der Waals surface area contributed by atoms with Crippen LogP contribution in [0.1, 0.15) is 24.2 Å². The van der Waals surface area contributed by atoms with Crippen LogP contribution in [0.4, 0.5) is 11.4 Å². The smallest absolute Gasteiger partial charge is 0.329 e. The maximum atomic E-state index is 12.7. The van der Waals surface area contributed by atoms with Gasteiger partial charge in [-0.15, -0.1) is 0 Å². The Morgan fingerprint density at radius 1 is 1.09 bits per heavy atom. The lowest BCUT2D eigenvalue weighted by atomic mass is 10.0. The predicted octanol–water partition coefficient (Wildman–Crippen LogP) is 1.98. The summed E-state index contributed by atoms with van der Waals surface area (Å²) in [5, 5.41) is 5.34. The molecule has 1 atom stereocenters. The highest BCUT2D eigenvalue weighted by Gasteiger charge is 2.30. The molecule has 9 nitrogen and oxygen atoms in total. The van der Waals surface area contributed by atoms with E-state index in [9.17, 15) is 19.2 Å². The van der Waals surface area contributed by atoms with Crippen LogP contribution < -0.4 is 20.3 Å². The van der Waals surface area contributed by atoms with Crippen LogP contribution in [0.25, 0.3) is 0 Å². The van der Waals surface area contributed by atoms with Gasteiger partial charge in [-0.2, -0.15) is 0 Å². The fourth-order valence-electron chi connectivity index (χ4n) is 3.22. The number of nitrogens with zero attached hydrogens (tertiary/aromatic N) is 1. The van der Waals surface area contributed by atoms with Crippen molar-refractivity contribution in [1.29, 1.82) is 0 Å². The largest absolute Gasteiger partial charge is 0.497 e. The Kier molecular flexibility index (Phi) is 7.09. The van der Waals surface area contributed by atoms with Gasteiger partial charge in [0.15, 0.2) is 6.61 Å². The molecule has 2 aromatic rings. The number of rotatable bonds is 7. The van der Waals surface area contributed by atoms with Crippen LogP contribution in [0, 0.1) is 5.92 Å². The number of methoxy groups -OCH3 is 1. The number of esters is 1. The zero-order valence-electron chi connectivity index (χ0n) is 18.1. The summed E-state index contributed by atoms with van der Waals surface area (Å²) in [6, 6.07) is 12.4. The minimum absolute atomic E-state index is 0.171. The minimum Gasteiger partial charge on any atom is -0.497 e. The summed E-state index contributed by atoms with van der Waals surface area (Å²) >= 11 is 0. The van der Waals surface area contributed by atoms with E-state index in [0.29, 0.717) is 22.7 Å². The third-order valence-electron chi connectivity index (χ3n) is 4.97. The molecule has 0 fully saturated rings. The van der Waals surface area contributed by atoms with Crippen molar-refractivity contribution in [1.82, 2.24) is 5.32 Å². The van der Waals surface area contributed by atoms with Gasteiger partial charge in [0, 0.05) is 5.56 Å². The first-order valence-electron chi connectivity index (χ1n) is 10.1. The van der Waals surface area contributed by atoms with Crippen molar-refractivity contribution in [2.24, 2.45) is 5.92 Å². The van der Waals surface area contributed by atoms with E-state index in [1.54, 1.807) is 62.4 Å². The molecule has 0 spiro atoms. The number of ether oxygens (including phenoxy) is 2. The lowest BCUT2D eigenvalue weighted by Crippen LogP contribution is -2.47. The van der Waals surface area contributed by atoms with E-state index in [1.807, 2.05) is 0 Å². The summed E-state index contributed by atoms with van der Waals surface area (Å²) < 4.78 is 10.3. The van der Waals surface area contributed by atoms with Gasteiger partial charge in [0.1, 0.15) is 18.3 Å². The van der Waals surface area contributed by atoms with Crippen LogP contribution in [0.15, 0.2) is 48.5 Å². The van der Waals surface area contributed by atoms with Crippen molar-refractivity contribution >= 4 is 35.1 Å². The summed E-state index contributed by atoms with van der Waals surface area (Å²) in [5.74, 6) is -1.73. The van der Waals surface area contributed by atoms with Crippen LogP contribution in [0.3, 0.4) is 0 Å². The third kappa shape index (κ3) is 5.23. The number of para-hydroxylation sites is 2. The number of carbonyl (C=O) groups is 4. The highest BCUT2D eigenvalue weighted by molar-refractivity contribution is 6.10. The molecule has 2 N–H and O–H groups in total. The van der Waals surface area contributed by atoms with Gasteiger partial charge in [-0.05, 0) is 42.3 Å². The van der Waals surface area contributed by atoms with E-state index in [-0.39, 0.29) is 18.4 Å². The molecule has 3 rings (SSSR count). The molecule has 1 heterocycles. The van der Waals surface area contributed by atoms with Crippen molar-refractivity contribution in [3.8, 4) is 5.75 Å². The number of hydrogen-bond acceptors (Lipinski definition) is 6. The number of hydrogen-bond donors (Lipinski definition) is 2. The highest BCUT2D eigenvalue weighted by atomic mass is 16.5. The minimum atomic E-state index is -0.950. The van der Waals surface area contributed by atoms with Crippen molar-refractivity contribution < 1.29 is 28.7 Å². The summed E-state index contributed by atoms with van der Waals surface area (Å²) in [6.45, 7) is 2.79. The van der Waals surface area contributed by atoms with Crippen molar-refractivity contribution in [3.05, 3.63) is 54.1 Å². The van der Waals surface area contributed by atoms with E-state index in [4.69, 9.17) is 9.47 Å². The van der Waals surface area contributed by atoms with Crippen LogP contribution in [0.5, 0.6) is 5.75 Å². The SMILES string of the molecule is COc1ccc(C(=O)NC(C(=O)OCC(=O)N2CC(=O)Nc3ccccc32)C(C)C)cc1. The van der Waals surface area contributed by atoms with Crippen LogP contribution in [0.2, 0.25) is 0 Å². The van der Waals surface area contributed by atoms with Crippen LogP contribution in [-0.2, 0) is 19.1 Å². The zero-order valence-corrected chi connectivity index (χ0v) is 18.1. The maximum absolute atomic E-state index is 12.7. The predicted molar refractivity (Wildman–Crippen MR) is 117 cm³/mol.